The van der Waals surface area contributed by atoms with Crippen LogP contribution in [0.5, 0.6) is 0 Å². The third kappa shape index (κ3) is 5.34. The van der Waals surface area contributed by atoms with Gasteiger partial charge in [-0.25, -0.2) is 0 Å². The van der Waals surface area contributed by atoms with E-state index in [1.807, 2.05) is 0 Å². The van der Waals surface area contributed by atoms with Gasteiger partial charge in [0.2, 0.25) is 0 Å². The zero-order valence-electron chi connectivity index (χ0n) is 11.6. The highest BCUT2D eigenvalue weighted by atomic mass is 14.9. The fourth-order valence-electron chi connectivity index (χ4n) is 3.00. The molecule has 1 N–H and O–H groups in total. The van der Waals surface area contributed by atoms with Gasteiger partial charge in [0.15, 0.2) is 0 Å². The molecule has 0 amide bonds. The average Bonchev–Trinajstić information content (AvgIpc) is 2.30. The average molecular weight is 225 g/mol. The van der Waals surface area contributed by atoms with Gasteiger partial charge in [-0.2, -0.15) is 0 Å². The van der Waals surface area contributed by atoms with E-state index in [4.69, 9.17) is 0 Å². The number of nitrogens with one attached hydrogen (secondary N) is 1. The topological polar surface area (TPSA) is 12.0 Å². The van der Waals surface area contributed by atoms with Gasteiger partial charge in [-0.15, -0.1) is 0 Å². The predicted molar refractivity (Wildman–Crippen MR) is 72.8 cm³/mol. The number of hydrogen-bond donors (Lipinski definition) is 1. The van der Waals surface area contributed by atoms with E-state index in [0.29, 0.717) is 6.04 Å². The molecule has 1 nitrogen and oxygen atoms in total. The van der Waals surface area contributed by atoms with E-state index in [-0.39, 0.29) is 0 Å². The van der Waals surface area contributed by atoms with E-state index in [0.717, 1.165) is 12.0 Å². The summed E-state index contributed by atoms with van der Waals surface area (Å²) in [6.07, 6.45) is 12.8. The second-order valence-electron chi connectivity index (χ2n) is 5.75. The monoisotopic (exact) mass is 225 g/mol. The number of unbranched alkanes of at least 4 members (excludes halogenated alkanes) is 2. The quantitative estimate of drug-likeness (QED) is 0.628. The van der Waals surface area contributed by atoms with Gasteiger partial charge >= 0.3 is 0 Å². The Labute approximate surface area is 102 Å². The number of rotatable bonds is 7. The summed E-state index contributed by atoms with van der Waals surface area (Å²) >= 11 is 0. The Morgan fingerprint density at radius 1 is 1.06 bits per heavy atom. The van der Waals surface area contributed by atoms with Gasteiger partial charge in [0, 0.05) is 12.1 Å². The van der Waals surface area contributed by atoms with Crippen LogP contribution >= 0.6 is 0 Å². The second-order valence-corrected chi connectivity index (χ2v) is 5.75. The van der Waals surface area contributed by atoms with Crippen LogP contribution in [0, 0.1) is 5.92 Å². The molecule has 16 heavy (non-hydrogen) atoms. The van der Waals surface area contributed by atoms with Crippen LogP contribution in [0.3, 0.4) is 0 Å². The number of hydrogen-bond acceptors (Lipinski definition) is 1. The minimum atomic E-state index is 0.712. The van der Waals surface area contributed by atoms with Crippen molar-refractivity contribution in [1.29, 1.82) is 0 Å². The molecule has 0 aliphatic heterocycles. The van der Waals surface area contributed by atoms with E-state index in [1.165, 1.54) is 57.8 Å². The van der Waals surface area contributed by atoms with Gasteiger partial charge in [-0.3, -0.25) is 0 Å². The highest BCUT2D eigenvalue weighted by Crippen LogP contribution is 2.26. The molecular formula is C15H31N. The Kier molecular flexibility index (Phi) is 7.11. The van der Waals surface area contributed by atoms with Crippen molar-refractivity contribution in [2.45, 2.75) is 90.6 Å². The molecule has 0 aromatic heterocycles. The Morgan fingerprint density at radius 2 is 1.75 bits per heavy atom. The summed E-state index contributed by atoms with van der Waals surface area (Å²) in [6.45, 7) is 7.03. The lowest BCUT2D eigenvalue weighted by Crippen LogP contribution is -2.40. The Morgan fingerprint density at radius 3 is 2.38 bits per heavy atom. The van der Waals surface area contributed by atoms with Crippen LogP contribution in [0.1, 0.15) is 78.6 Å². The van der Waals surface area contributed by atoms with E-state index < -0.39 is 0 Å². The summed E-state index contributed by atoms with van der Waals surface area (Å²) in [4.78, 5) is 0. The van der Waals surface area contributed by atoms with Crippen LogP contribution in [0.4, 0.5) is 0 Å². The van der Waals surface area contributed by atoms with Gasteiger partial charge in [0.05, 0.1) is 0 Å². The van der Waals surface area contributed by atoms with Crippen molar-refractivity contribution in [2.24, 2.45) is 5.92 Å². The molecule has 1 aliphatic rings. The fourth-order valence-corrected chi connectivity index (χ4v) is 3.00. The highest BCUT2D eigenvalue weighted by molar-refractivity contribution is 4.78. The minimum Gasteiger partial charge on any atom is -0.312 e. The zero-order valence-corrected chi connectivity index (χ0v) is 11.6. The standard InChI is InChI=1S/C15H31N/c1-4-5-7-10-13(2)16-14(3)15-11-8-6-9-12-15/h13-16H,4-12H2,1-3H3/t13?,14-/m1/s1. The molecule has 0 saturated heterocycles. The van der Waals surface area contributed by atoms with Crippen molar-refractivity contribution in [3.8, 4) is 0 Å². The van der Waals surface area contributed by atoms with Crippen molar-refractivity contribution in [3.05, 3.63) is 0 Å². The van der Waals surface area contributed by atoms with Crippen molar-refractivity contribution in [2.75, 3.05) is 0 Å². The molecule has 0 radical (unpaired) electrons. The van der Waals surface area contributed by atoms with Crippen molar-refractivity contribution in [3.63, 3.8) is 0 Å². The molecule has 96 valence electrons. The first-order valence-electron chi connectivity index (χ1n) is 7.50. The molecule has 1 aliphatic carbocycles. The normalized spacial score (nSPS) is 21.9. The molecule has 0 bridgehead atoms. The van der Waals surface area contributed by atoms with Crippen LogP contribution in [-0.2, 0) is 0 Å². The van der Waals surface area contributed by atoms with Crippen molar-refractivity contribution < 1.29 is 0 Å². The summed E-state index contributed by atoms with van der Waals surface area (Å²) in [5.41, 5.74) is 0. The van der Waals surface area contributed by atoms with Crippen LogP contribution in [0.2, 0.25) is 0 Å². The van der Waals surface area contributed by atoms with Crippen LogP contribution < -0.4 is 5.32 Å². The third-order valence-electron chi connectivity index (χ3n) is 4.15. The second kappa shape index (κ2) is 8.11. The Hall–Kier alpha value is -0.0400. The fraction of sp³-hybridized carbons (Fsp3) is 1.00. The molecule has 1 unspecified atom stereocenters. The summed E-state index contributed by atoms with van der Waals surface area (Å²) in [5, 5.41) is 3.81. The predicted octanol–water partition coefficient (Wildman–Crippen LogP) is 4.51. The lowest BCUT2D eigenvalue weighted by Gasteiger charge is -2.30. The Balaban J connectivity index is 2.13. The first kappa shape index (κ1) is 14.0. The molecule has 1 rings (SSSR count). The van der Waals surface area contributed by atoms with Gasteiger partial charge in [-0.1, -0.05) is 45.4 Å². The smallest absolute Gasteiger partial charge is 0.00694 e. The minimum absolute atomic E-state index is 0.712. The van der Waals surface area contributed by atoms with Gasteiger partial charge in [0.25, 0.3) is 0 Å². The van der Waals surface area contributed by atoms with Crippen molar-refractivity contribution in [1.82, 2.24) is 5.32 Å². The molecule has 1 saturated carbocycles. The van der Waals surface area contributed by atoms with Gasteiger partial charge in [-0.05, 0) is 39.0 Å². The van der Waals surface area contributed by atoms with Crippen LogP contribution in [-0.4, -0.2) is 12.1 Å². The molecule has 1 fully saturated rings. The van der Waals surface area contributed by atoms with E-state index in [9.17, 15) is 0 Å². The molecule has 0 aromatic rings. The van der Waals surface area contributed by atoms with Gasteiger partial charge < -0.3 is 5.32 Å². The molecule has 0 heterocycles. The van der Waals surface area contributed by atoms with E-state index in [1.54, 1.807) is 0 Å². The largest absolute Gasteiger partial charge is 0.312 e. The first-order chi connectivity index (χ1) is 7.74. The highest BCUT2D eigenvalue weighted by Gasteiger charge is 2.20. The molecular weight excluding hydrogens is 194 g/mol. The lowest BCUT2D eigenvalue weighted by atomic mass is 9.84. The van der Waals surface area contributed by atoms with Crippen LogP contribution in [0.15, 0.2) is 0 Å². The maximum atomic E-state index is 3.81. The summed E-state index contributed by atoms with van der Waals surface area (Å²) in [7, 11) is 0. The summed E-state index contributed by atoms with van der Waals surface area (Å²) in [6, 6.07) is 1.44. The van der Waals surface area contributed by atoms with Crippen molar-refractivity contribution >= 4 is 0 Å². The SMILES string of the molecule is CCCCCC(C)N[C@H](C)C1CCCCC1. The third-order valence-corrected chi connectivity index (χ3v) is 4.15. The molecule has 0 spiro atoms. The van der Waals surface area contributed by atoms with Crippen LogP contribution in [0.25, 0.3) is 0 Å². The molecule has 0 aromatic carbocycles. The molecule has 2 atom stereocenters. The zero-order chi connectivity index (χ0) is 11.8. The van der Waals surface area contributed by atoms with Gasteiger partial charge in [0.1, 0.15) is 0 Å². The Bertz CT molecular complexity index is 161. The van der Waals surface area contributed by atoms with E-state index in [2.05, 4.69) is 26.1 Å². The maximum absolute atomic E-state index is 3.81. The summed E-state index contributed by atoms with van der Waals surface area (Å²) in [5.74, 6) is 0.947. The van der Waals surface area contributed by atoms with E-state index >= 15 is 0 Å². The lowest BCUT2D eigenvalue weighted by molar-refractivity contribution is 0.263. The molecule has 1 heteroatoms. The maximum Gasteiger partial charge on any atom is 0.00694 e. The summed E-state index contributed by atoms with van der Waals surface area (Å²) < 4.78 is 0. The first-order valence-corrected chi connectivity index (χ1v) is 7.50.